The molecule has 7 nitrogen and oxygen atoms in total. The van der Waals surface area contributed by atoms with Gasteiger partial charge < -0.3 is 10.2 Å². The van der Waals surface area contributed by atoms with Crippen LogP contribution in [0.2, 0.25) is 0 Å². The molecule has 0 aliphatic carbocycles. The Hall–Kier alpha value is -3.57. The summed E-state index contributed by atoms with van der Waals surface area (Å²) in [6.07, 6.45) is -3.74. The Morgan fingerprint density at radius 1 is 1.17 bits per heavy atom. The van der Waals surface area contributed by atoms with Gasteiger partial charge in [-0.1, -0.05) is 25.1 Å². The molecule has 12 heteroatoms. The molecule has 1 aliphatic heterocycles. The minimum Gasteiger partial charge on any atom is -0.352 e. The van der Waals surface area contributed by atoms with Crippen molar-refractivity contribution >= 4 is 11.9 Å². The summed E-state index contributed by atoms with van der Waals surface area (Å²) in [6.45, 7) is 2.49. The van der Waals surface area contributed by atoms with Gasteiger partial charge in [0.05, 0.1) is 29.5 Å². The van der Waals surface area contributed by atoms with Crippen molar-refractivity contribution in [1.82, 2.24) is 24.6 Å². The molecule has 186 valence electrons. The molecule has 1 aliphatic rings. The monoisotopic (exact) mass is 494 g/mol. The van der Waals surface area contributed by atoms with Gasteiger partial charge in [0.1, 0.15) is 5.69 Å². The molecule has 1 fully saturated rings. The summed E-state index contributed by atoms with van der Waals surface area (Å²) in [5, 5.41) is 7.14. The van der Waals surface area contributed by atoms with Gasteiger partial charge in [-0.2, -0.15) is 18.3 Å². The highest BCUT2D eigenvalue weighted by Gasteiger charge is 2.46. The summed E-state index contributed by atoms with van der Waals surface area (Å²) < 4.78 is 68.8. The first kappa shape index (κ1) is 24.6. The molecule has 4 rings (SSSR count). The van der Waals surface area contributed by atoms with Gasteiger partial charge in [-0.25, -0.2) is 23.4 Å². The zero-order chi connectivity index (χ0) is 25.4. The number of aromatic nitrogens is 4. The minimum atomic E-state index is -4.58. The summed E-state index contributed by atoms with van der Waals surface area (Å²) >= 11 is 0. The number of amides is 1. The number of hydrogen-bond donors (Lipinski definition) is 1. The maximum atomic E-state index is 14.5. The smallest absolute Gasteiger partial charge is 0.352 e. The Balaban J connectivity index is 1.60. The number of anilines is 1. The van der Waals surface area contributed by atoms with E-state index in [-0.39, 0.29) is 18.2 Å². The van der Waals surface area contributed by atoms with Crippen molar-refractivity contribution in [3.63, 3.8) is 0 Å². The predicted molar refractivity (Wildman–Crippen MR) is 117 cm³/mol. The molecule has 0 saturated carbocycles. The molecule has 1 N–H and O–H groups in total. The van der Waals surface area contributed by atoms with E-state index in [2.05, 4.69) is 20.4 Å². The number of hydrogen-bond acceptors (Lipinski definition) is 5. The van der Waals surface area contributed by atoms with E-state index in [0.717, 1.165) is 4.90 Å². The van der Waals surface area contributed by atoms with Crippen molar-refractivity contribution in [3.8, 4) is 5.69 Å². The van der Waals surface area contributed by atoms with Crippen molar-refractivity contribution in [2.75, 3.05) is 18.4 Å². The van der Waals surface area contributed by atoms with E-state index in [1.807, 2.05) is 0 Å². The summed E-state index contributed by atoms with van der Waals surface area (Å²) in [7, 11) is 0. The first-order valence-electron chi connectivity index (χ1n) is 10.9. The number of para-hydroxylation sites is 1. The Morgan fingerprint density at radius 2 is 1.83 bits per heavy atom. The first-order chi connectivity index (χ1) is 16.4. The highest BCUT2D eigenvalue weighted by atomic mass is 19.4. The van der Waals surface area contributed by atoms with Crippen LogP contribution in [-0.4, -0.2) is 55.6 Å². The Bertz CT molecular complexity index is 1180. The molecule has 0 radical (unpaired) electrons. The van der Waals surface area contributed by atoms with Gasteiger partial charge in [0.2, 0.25) is 5.95 Å². The molecule has 2 unspecified atom stereocenters. The number of alkyl halides is 5. The molecule has 35 heavy (non-hydrogen) atoms. The van der Waals surface area contributed by atoms with Crippen molar-refractivity contribution in [3.05, 3.63) is 65.7 Å². The van der Waals surface area contributed by atoms with Crippen molar-refractivity contribution in [1.29, 1.82) is 0 Å². The van der Waals surface area contributed by atoms with Crippen LogP contribution in [-0.2, 0) is 6.18 Å². The van der Waals surface area contributed by atoms with E-state index in [1.54, 1.807) is 44.2 Å². The fraction of sp³-hybridized carbons (Fsp3) is 0.391. The molecule has 0 spiro atoms. The van der Waals surface area contributed by atoms with Crippen LogP contribution in [0.3, 0.4) is 0 Å². The van der Waals surface area contributed by atoms with E-state index >= 15 is 0 Å². The zero-order valence-corrected chi connectivity index (χ0v) is 18.9. The number of likely N-dealkylation sites (tertiary alicyclic amines) is 1. The summed E-state index contributed by atoms with van der Waals surface area (Å²) in [4.78, 5) is 22.0. The summed E-state index contributed by atoms with van der Waals surface area (Å²) in [5.41, 5.74) is 0.278. The molecule has 2 aromatic heterocycles. The standard InChI is InChI=1S/C23H23F5N6O/c1-14-9-22(24,25)13-33(19(14)12-31-21-29-10-16(11-30-21)23(26,27)28)20(35)18-8-15(2)32-34(18)17-6-4-3-5-7-17/h3-8,10-11,14,19H,9,12-13H2,1-2H3,(H,29,30,31). The SMILES string of the molecule is Cc1cc(C(=O)N2CC(F)(F)CC(C)C2CNc2ncc(C(F)(F)F)cn2)n(-c2ccccc2)n1. The fourth-order valence-corrected chi connectivity index (χ4v) is 4.21. The number of halogens is 5. The Morgan fingerprint density at radius 3 is 2.46 bits per heavy atom. The second-order valence-electron chi connectivity index (χ2n) is 8.63. The topological polar surface area (TPSA) is 75.9 Å². The predicted octanol–water partition coefficient (Wildman–Crippen LogP) is 4.59. The maximum Gasteiger partial charge on any atom is 0.419 e. The van der Waals surface area contributed by atoms with E-state index in [1.165, 1.54) is 10.7 Å². The number of carbonyl (C=O) groups excluding carboxylic acids is 1. The number of rotatable bonds is 5. The van der Waals surface area contributed by atoms with Crippen LogP contribution in [0.25, 0.3) is 5.69 Å². The lowest BCUT2D eigenvalue weighted by atomic mass is 9.88. The lowest BCUT2D eigenvalue weighted by Gasteiger charge is -2.43. The number of carbonyl (C=O) groups is 1. The van der Waals surface area contributed by atoms with E-state index in [0.29, 0.717) is 23.8 Å². The lowest BCUT2D eigenvalue weighted by Crippen LogP contribution is -2.57. The average Bonchev–Trinajstić information content (AvgIpc) is 3.19. The van der Waals surface area contributed by atoms with Gasteiger partial charge in [0.25, 0.3) is 11.8 Å². The van der Waals surface area contributed by atoms with Gasteiger partial charge in [-0.3, -0.25) is 4.79 Å². The van der Waals surface area contributed by atoms with Gasteiger partial charge >= 0.3 is 6.18 Å². The summed E-state index contributed by atoms with van der Waals surface area (Å²) in [5.74, 6) is -4.43. The zero-order valence-electron chi connectivity index (χ0n) is 18.9. The Labute approximate surface area is 198 Å². The van der Waals surface area contributed by atoms with Crippen LogP contribution in [0.15, 0.2) is 48.8 Å². The third kappa shape index (κ3) is 5.41. The van der Waals surface area contributed by atoms with Gasteiger partial charge in [0, 0.05) is 25.4 Å². The van der Waals surface area contributed by atoms with E-state index in [4.69, 9.17) is 0 Å². The fourth-order valence-electron chi connectivity index (χ4n) is 4.21. The van der Waals surface area contributed by atoms with Crippen molar-refractivity contribution < 1.29 is 26.7 Å². The van der Waals surface area contributed by atoms with Crippen LogP contribution in [0.4, 0.5) is 27.9 Å². The van der Waals surface area contributed by atoms with Crippen LogP contribution in [0.5, 0.6) is 0 Å². The molecule has 3 heterocycles. The Kier molecular flexibility index (Phi) is 6.48. The largest absolute Gasteiger partial charge is 0.419 e. The van der Waals surface area contributed by atoms with Crippen LogP contribution in [0, 0.1) is 12.8 Å². The molecular formula is C23H23F5N6O. The third-order valence-electron chi connectivity index (χ3n) is 5.84. The highest BCUT2D eigenvalue weighted by Crippen LogP contribution is 2.35. The van der Waals surface area contributed by atoms with E-state index in [9.17, 15) is 26.7 Å². The minimum absolute atomic E-state index is 0.0210. The first-order valence-corrected chi connectivity index (χ1v) is 10.9. The summed E-state index contributed by atoms with van der Waals surface area (Å²) in [6, 6.07) is 9.70. The van der Waals surface area contributed by atoms with E-state index < -0.39 is 48.5 Å². The van der Waals surface area contributed by atoms with Crippen molar-refractivity contribution in [2.45, 2.75) is 38.4 Å². The van der Waals surface area contributed by atoms with Crippen LogP contribution in [0.1, 0.15) is 35.1 Å². The third-order valence-corrected chi connectivity index (χ3v) is 5.84. The quantitative estimate of drug-likeness (QED) is 0.526. The van der Waals surface area contributed by atoms with Crippen LogP contribution < -0.4 is 5.32 Å². The lowest BCUT2D eigenvalue weighted by molar-refractivity contribution is -0.138. The van der Waals surface area contributed by atoms with Gasteiger partial charge in [-0.15, -0.1) is 0 Å². The average molecular weight is 494 g/mol. The van der Waals surface area contributed by atoms with Crippen LogP contribution >= 0.6 is 0 Å². The number of nitrogens with zero attached hydrogens (tertiary/aromatic N) is 5. The van der Waals surface area contributed by atoms with Gasteiger partial charge in [-0.05, 0) is 31.0 Å². The second-order valence-corrected chi connectivity index (χ2v) is 8.63. The maximum absolute atomic E-state index is 14.5. The molecule has 1 aromatic carbocycles. The number of nitrogens with one attached hydrogen (secondary N) is 1. The number of aryl methyl sites for hydroxylation is 1. The molecular weight excluding hydrogens is 471 g/mol. The van der Waals surface area contributed by atoms with Crippen molar-refractivity contribution in [2.24, 2.45) is 5.92 Å². The second kappa shape index (κ2) is 9.23. The number of piperidine rings is 1. The van der Waals surface area contributed by atoms with Gasteiger partial charge in [0.15, 0.2) is 0 Å². The molecule has 2 atom stereocenters. The molecule has 3 aromatic rings. The normalized spacial score (nSPS) is 20.0. The molecule has 0 bridgehead atoms. The highest BCUT2D eigenvalue weighted by molar-refractivity contribution is 5.93. The number of benzene rings is 1. The molecule has 1 saturated heterocycles. The molecule has 1 amide bonds.